The summed E-state index contributed by atoms with van der Waals surface area (Å²) in [5, 5.41) is 4.12. The lowest BCUT2D eigenvalue weighted by Gasteiger charge is -2.28. The monoisotopic (exact) mass is 219 g/mol. The predicted molar refractivity (Wildman–Crippen MR) is 63.5 cm³/mol. The van der Waals surface area contributed by atoms with E-state index in [0.29, 0.717) is 0 Å². The summed E-state index contributed by atoms with van der Waals surface area (Å²) in [6, 6.07) is 6.47. The topological polar surface area (TPSA) is 29.0 Å². The lowest BCUT2D eigenvalue weighted by atomic mass is 10.1. The fraction of sp³-hybridized carbons (Fsp3) is 0.455. The number of benzene rings is 1. The van der Waals surface area contributed by atoms with Gasteiger partial charge in [-0.15, -0.1) is 5.10 Å². The number of hydrogen-bond acceptors (Lipinski definition) is 4. The number of hydrogen-bond donors (Lipinski definition) is 0. The minimum absolute atomic E-state index is 1.03. The SMILES string of the molecule is c1cc2snnc2cc1N1CCCCC1. The molecule has 15 heavy (non-hydrogen) atoms. The molecule has 3 nitrogen and oxygen atoms in total. The van der Waals surface area contributed by atoms with Crippen molar-refractivity contribution in [2.75, 3.05) is 18.0 Å². The first-order valence-corrected chi connectivity index (χ1v) is 6.18. The molecule has 2 heterocycles. The third-order valence-corrected chi connectivity index (χ3v) is 3.66. The quantitative estimate of drug-likeness (QED) is 0.738. The molecule has 0 saturated carbocycles. The molecule has 0 amide bonds. The van der Waals surface area contributed by atoms with Gasteiger partial charge in [-0.1, -0.05) is 4.49 Å². The van der Waals surface area contributed by atoms with Crippen LogP contribution in [0.4, 0.5) is 5.69 Å². The Kier molecular flexibility index (Phi) is 2.29. The Bertz CT molecular complexity index is 460. The molecule has 78 valence electrons. The van der Waals surface area contributed by atoms with Crippen LogP contribution in [-0.2, 0) is 0 Å². The molecule has 0 aliphatic carbocycles. The molecule has 1 aromatic carbocycles. The van der Waals surface area contributed by atoms with Crippen LogP contribution in [0.1, 0.15) is 19.3 Å². The molecule has 1 aromatic heterocycles. The van der Waals surface area contributed by atoms with Gasteiger partial charge in [0.05, 0.1) is 4.70 Å². The first-order valence-electron chi connectivity index (χ1n) is 5.40. The highest BCUT2D eigenvalue weighted by Crippen LogP contribution is 2.24. The molecular formula is C11H13N3S. The van der Waals surface area contributed by atoms with Crippen molar-refractivity contribution < 1.29 is 0 Å². The van der Waals surface area contributed by atoms with Gasteiger partial charge < -0.3 is 4.90 Å². The van der Waals surface area contributed by atoms with E-state index in [1.54, 1.807) is 0 Å². The molecular weight excluding hydrogens is 206 g/mol. The van der Waals surface area contributed by atoms with E-state index in [2.05, 4.69) is 32.7 Å². The zero-order chi connectivity index (χ0) is 10.1. The Labute approximate surface area is 92.9 Å². The minimum Gasteiger partial charge on any atom is -0.371 e. The summed E-state index contributed by atoms with van der Waals surface area (Å²) < 4.78 is 5.14. The fourth-order valence-electron chi connectivity index (χ4n) is 2.12. The molecule has 0 spiro atoms. The molecule has 0 radical (unpaired) electrons. The normalized spacial score (nSPS) is 17.2. The number of nitrogens with zero attached hydrogens (tertiary/aromatic N) is 3. The summed E-state index contributed by atoms with van der Waals surface area (Å²) >= 11 is 1.46. The Morgan fingerprint density at radius 3 is 2.87 bits per heavy atom. The maximum atomic E-state index is 4.12. The number of anilines is 1. The van der Waals surface area contributed by atoms with Crippen molar-refractivity contribution >= 4 is 27.4 Å². The second-order valence-electron chi connectivity index (χ2n) is 3.97. The molecule has 0 unspecified atom stereocenters. The van der Waals surface area contributed by atoms with Crippen LogP contribution >= 0.6 is 11.5 Å². The standard InChI is InChI=1S/C11H13N3S/c1-2-6-14(7-3-1)9-4-5-11-10(8-9)12-13-15-11/h4-5,8H,1-3,6-7H2. The second-order valence-corrected chi connectivity index (χ2v) is 4.76. The van der Waals surface area contributed by atoms with Crippen LogP contribution in [-0.4, -0.2) is 22.7 Å². The van der Waals surface area contributed by atoms with Crippen LogP contribution in [0.2, 0.25) is 0 Å². The van der Waals surface area contributed by atoms with Crippen molar-refractivity contribution in [2.24, 2.45) is 0 Å². The highest BCUT2D eigenvalue weighted by Gasteiger charge is 2.11. The van der Waals surface area contributed by atoms with Crippen molar-refractivity contribution in [1.29, 1.82) is 0 Å². The average Bonchev–Trinajstić information content (AvgIpc) is 2.77. The van der Waals surface area contributed by atoms with Crippen LogP contribution in [0.25, 0.3) is 10.2 Å². The predicted octanol–water partition coefficient (Wildman–Crippen LogP) is 2.68. The van der Waals surface area contributed by atoms with Gasteiger partial charge in [0.2, 0.25) is 0 Å². The summed E-state index contributed by atoms with van der Waals surface area (Å²) in [5.74, 6) is 0. The van der Waals surface area contributed by atoms with Crippen LogP contribution in [0, 0.1) is 0 Å². The van der Waals surface area contributed by atoms with Crippen LogP contribution in [0.5, 0.6) is 0 Å². The van der Waals surface area contributed by atoms with Gasteiger partial charge in [0, 0.05) is 18.8 Å². The maximum Gasteiger partial charge on any atom is 0.108 e. The smallest absolute Gasteiger partial charge is 0.108 e. The van der Waals surface area contributed by atoms with Gasteiger partial charge >= 0.3 is 0 Å². The summed E-state index contributed by atoms with van der Waals surface area (Å²) in [5.41, 5.74) is 2.33. The minimum atomic E-state index is 1.03. The van der Waals surface area contributed by atoms with Gasteiger partial charge in [-0.25, -0.2) is 0 Å². The Morgan fingerprint density at radius 1 is 1.13 bits per heavy atom. The number of aromatic nitrogens is 2. The fourth-order valence-corrected chi connectivity index (χ4v) is 2.66. The average molecular weight is 219 g/mol. The number of rotatable bonds is 1. The number of fused-ring (bicyclic) bond motifs is 1. The van der Waals surface area contributed by atoms with Gasteiger partial charge in [-0.2, -0.15) is 0 Å². The highest BCUT2D eigenvalue weighted by atomic mass is 32.1. The van der Waals surface area contributed by atoms with Gasteiger partial charge in [0.25, 0.3) is 0 Å². The maximum absolute atomic E-state index is 4.12. The van der Waals surface area contributed by atoms with Crippen LogP contribution in [0.3, 0.4) is 0 Å². The van der Waals surface area contributed by atoms with E-state index >= 15 is 0 Å². The first kappa shape index (κ1) is 9.09. The van der Waals surface area contributed by atoms with Gasteiger partial charge in [-0.05, 0) is 49.0 Å². The lowest BCUT2D eigenvalue weighted by molar-refractivity contribution is 0.578. The largest absolute Gasteiger partial charge is 0.371 e. The summed E-state index contributed by atoms with van der Waals surface area (Å²) in [6.45, 7) is 2.37. The van der Waals surface area contributed by atoms with Crippen LogP contribution in [0.15, 0.2) is 18.2 Å². The summed E-state index contributed by atoms with van der Waals surface area (Å²) in [7, 11) is 0. The second kappa shape index (κ2) is 3.77. The van der Waals surface area contributed by atoms with Gasteiger partial charge in [-0.3, -0.25) is 0 Å². The van der Waals surface area contributed by atoms with Gasteiger partial charge in [0.1, 0.15) is 5.52 Å². The third-order valence-electron chi connectivity index (χ3n) is 2.95. The molecule has 1 saturated heterocycles. The molecule has 1 aliphatic heterocycles. The van der Waals surface area contributed by atoms with Crippen molar-refractivity contribution in [3.8, 4) is 0 Å². The van der Waals surface area contributed by atoms with Crippen molar-refractivity contribution in [3.05, 3.63) is 18.2 Å². The zero-order valence-corrected chi connectivity index (χ0v) is 9.33. The molecule has 0 N–H and O–H groups in total. The van der Waals surface area contributed by atoms with Crippen molar-refractivity contribution in [2.45, 2.75) is 19.3 Å². The lowest BCUT2D eigenvalue weighted by Crippen LogP contribution is -2.29. The third kappa shape index (κ3) is 1.69. The van der Waals surface area contributed by atoms with E-state index in [-0.39, 0.29) is 0 Å². The van der Waals surface area contributed by atoms with E-state index in [9.17, 15) is 0 Å². The van der Waals surface area contributed by atoms with E-state index in [4.69, 9.17) is 0 Å². The molecule has 1 fully saturated rings. The van der Waals surface area contributed by atoms with E-state index in [1.807, 2.05) is 0 Å². The number of piperidine rings is 1. The Morgan fingerprint density at radius 2 is 2.00 bits per heavy atom. The zero-order valence-electron chi connectivity index (χ0n) is 8.52. The van der Waals surface area contributed by atoms with E-state index in [1.165, 1.54) is 54.3 Å². The van der Waals surface area contributed by atoms with E-state index in [0.717, 1.165) is 5.52 Å². The molecule has 0 bridgehead atoms. The summed E-state index contributed by atoms with van der Waals surface area (Å²) in [4.78, 5) is 2.45. The molecule has 4 heteroatoms. The van der Waals surface area contributed by atoms with Gasteiger partial charge in [0.15, 0.2) is 0 Å². The summed E-state index contributed by atoms with van der Waals surface area (Å²) in [6.07, 6.45) is 4.00. The molecule has 2 aromatic rings. The molecule has 0 atom stereocenters. The van der Waals surface area contributed by atoms with Crippen molar-refractivity contribution in [3.63, 3.8) is 0 Å². The Balaban J connectivity index is 1.95. The first-order chi connectivity index (χ1) is 7.43. The van der Waals surface area contributed by atoms with Crippen molar-refractivity contribution in [1.82, 2.24) is 9.59 Å². The Hall–Kier alpha value is -1.16. The molecule has 3 rings (SSSR count). The van der Waals surface area contributed by atoms with Crippen LogP contribution < -0.4 is 4.90 Å². The molecule has 1 aliphatic rings. The van der Waals surface area contributed by atoms with E-state index < -0.39 is 0 Å². The highest BCUT2D eigenvalue weighted by molar-refractivity contribution is 7.12.